The minimum absolute atomic E-state index is 0.0941. The van der Waals surface area contributed by atoms with Gasteiger partial charge in [0.1, 0.15) is 0 Å². The van der Waals surface area contributed by atoms with Crippen molar-refractivity contribution >= 4 is 28.9 Å². The Hall–Kier alpha value is -2.34. The highest BCUT2D eigenvalue weighted by Gasteiger charge is 2.31. The molecule has 2 aliphatic heterocycles. The molecule has 0 aliphatic carbocycles. The summed E-state index contributed by atoms with van der Waals surface area (Å²) in [6, 6.07) is 12.3. The average Bonchev–Trinajstić information content (AvgIpc) is 2.98. The maximum absolute atomic E-state index is 5.86. The second-order valence-electron chi connectivity index (χ2n) is 4.72. The normalized spacial score (nSPS) is 20.4. The van der Waals surface area contributed by atoms with Crippen LogP contribution in [0.4, 0.5) is 5.69 Å². The summed E-state index contributed by atoms with van der Waals surface area (Å²) < 4.78 is 0. The summed E-state index contributed by atoms with van der Waals surface area (Å²) in [4.78, 5) is 12.1. The molecule has 1 aromatic carbocycles. The quantitative estimate of drug-likeness (QED) is 0.844. The predicted molar refractivity (Wildman–Crippen MR) is 81.7 cm³/mol. The minimum Gasteiger partial charge on any atom is -0.368 e. The van der Waals surface area contributed by atoms with E-state index in [-0.39, 0.29) is 6.17 Å². The van der Waals surface area contributed by atoms with Crippen molar-refractivity contribution < 1.29 is 0 Å². The van der Waals surface area contributed by atoms with Gasteiger partial charge in [-0.15, -0.1) is 11.3 Å². The zero-order valence-corrected chi connectivity index (χ0v) is 11.5. The number of fused-ring (bicyclic) bond motifs is 2. The molecule has 0 saturated carbocycles. The van der Waals surface area contributed by atoms with Crippen LogP contribution in [0, 0.1) is 0 Å². The molecule has 4 rings (SSSR count). The number of anilines is 1. The van der Waals surface area contributed by atoms with Crippen molar-refractivity contribution in [3.8, 4) is 0 Å². The largest absolute Gasteiger partial charge is 0.368 e. The van der Waals surface area contributed by atoms with Gasteiger partial charge in [-0.05, 0) is 23.1 Å². The van der Waals surface area contributed by atoms with E-state index in [0.717, 1.165) is 18.2 Å². The number of nitrogens with zero attached hydrogens (tertiary/aromatic N) is 3. The van der Waals surface area contributed by atoms with Gasteiger partial charge in [-0.3, -0.25) is 0 Å². The van der Waals surface area contributed by atoms with Crippen molar-refractivity contribution in [3.63, 3.8) is 0 Å². The van der Waals surface area contributed by atoms with Crippen LogP contribution in [0.25, 0.3) is 0 Å². The van der Waals surface area contributed by atoms with Gasteiger partial charge in [-0.25, -0.2) is 4.99 Å². The number of para-hydroxylation sites is 1. The number of benzene rings is 1. The molecule has 6 heteroatoms. The van der Waals surface area contributed by atoms with Crippen molar-refractivity contribution in [2.75, 3.05) is 5.32 Å². The summed E-state index contributed by atoms with van der Waals surface area (Å²) in [5.41, 5.74) is 8.18. The van der Waals surface area contributed by atoms with E-state index in [9.17, 15) is 0 Å². The van der Waals surface area contributed by atoms with E-state index in [1.807, 2.05) is 18.2 Å². The first-order valence-electron chi connectivity index (χ1n) is 6.38. The zero-order valence-electron chi connectivity index (χ0n) is 10.7. The van der Waals surface area contributed by atoms with Gasteiger partial charge in [0, 0.05) is 10.6 Å². The third-order valence-electron chi connectivity index (χ3n) is 3.44. The van der Waals surface area contributed by atoms with Crippen LogP contribution in [0.2, 0.25) is 0 Å². The lowest BCUT2D eigenvalue weighted by atomic mass is 10.1. The maximum atomic E-state index is 5.86. The molecule has 1 atom stereocenters. The Bertz CT molecular complexity index is 704. The van der Waals surface area contributed by atoms with Crippen LogP contribution in [0.15, 0.2) is 51.8 Å². The molecule has 3 heterocycles. The Morgan fingerprint density at radius 3 is 3.00 bits per heavy atom. The van der Waals surface area contributed by atoms with E-state index < -0.39 is 0 Å². The lowest BCUT2D eigenvalue weighted by Gasteiger charge is -2.38. The highest BCUT2D eigenvalue weighted by atomic mass is 32.1. The Morgan fingerprint density at radius 2 is 2.15 bits per heavy atom. The van der Waals surface area contributed by atoms with Crippen molar-refractivity contribution in [1.29, 1.82) is 0 Å². The lowest BCUT2D eigenvalue weighted by Crippen LogP contribution is -2.45. The maximum Gasteiger partial charge on any atom is 0.221 e. The molecule has 2 aliphatic rings. The van der Waals surface area contributed by atoms with E-state index in [4.69, 9.17) is 5.73 Å². The average molecular weight is 283 g/mol. The van der Waals surface area contributed by atoms with Gasteiger partial charge < -0.3 is 16.0 Å². The van der Waals surface area contributed by atoms with Crippen LogP contribution in [0.5, 0.6) is 0 Å². The molecule has 5 nitrogen and oxygen atoms in total. The molecule has 1 aromatic heterocycles. The van der Waals surface area contributed by atoms with E-state index >= 15 is 0 Å². The fraction of sp³-hybridized carbons (Fsp3) is 0.143. The van der Waals surface area contributed by atoms with Crippen LogP contribution in [0.1, 0.15) is 16.6 Å². The van der Waals surface area contributed by atoms with Gasteiger partial charge in [0.25, 0.3) is 0 Å². The topological polar surface area (TPSA) is 66.0 Å². The minimum atomic E-state index is -0.0941. The Balaban J connectivity index is 1.78. The first-order chi connectivity index (χ1) is 9.81. The second kappa shape index (κ2) is 4.35. The highest BCUT2D eigenvalue weighted by molar-refractivity contribution is 7.10. The third kappa shape index (κ3) is 1.77. The number of nitrogens with two attached hydrogens (primary N) is 1. The van der Waals surface area contributed by atoms with Crippen LogP contribution in [-0.4, -0.2) is 16.8 Å². The fourth-order valence-corrected chi connectivity index (χ4v) is 3.29. The summed E-state index contributed by atoms with van der Waals surface area (Å²) in [7, 11) is 0. The molecule has 20 heavy (non-hydrogen) atoms. The van der Waals surface area contributed by atoms with Crippen LogP contribution in [0.3, 0.4) is 0 Å². The summed E-state index contributed by atoms with van der Waals surface area (Å²) >= 11 is 1.68. The highest BCUT2D eigenvalue weighted by Crippen LogP contribution is 2.34. The number of thiophene rings is 1. The Morgan fingerprint density at radius 1 is 1.25 bits per heavy atom. The number of guanidine groups is 2. The third-order valence-corrected chi connectivity index (χ3v) is 4.36. The predicted octanol–water partition coefficient (Wildman–Crippen LogP) is 2.36. The summed E-state index contributed by atoms with van der Waals surface area (Å²) in [5, 5.41) is 5.39. The van der Waals surface area contributed by atoms with E-state index in [2.05, 4.69) is 43.8 Å². The van der Waals surface area contributed by atoms with Crippen molar-refractivity contribution in [1.82, 2.24) is 4.90 Å². The summed E-state index contributed by atoms with van der Waals surface area (Å²) in [6.45, 7) is 0.779. The number of nitrogens with one attached hydrogen (secondary N) is 1. The fourth-order valence-electron chi connectivity index (χ4n) is 2.51. The van der Waals surface area contributed by atoms with Gasteiger partial charge in [-0.1, -0.05) is 24.3 Å². The Labute approximate surface area is 120 Å². The van der Waals surface area contributed by atoms with E-state index in [1.165, 1.54) is 10.4 Å². The number of aliphatic imine (C=N–C) groups is 2. The number of rotatable bonds is 1. The van der Waals surface area contributed by atoms with Gasteiger partial charge in [0.15, 0.2) is 6.17 Å². The molecule has 0 fully saturated rings. The first-order valence-corrected chi connectivity index (χ1v) is 7.26. The molecule has 2 aromatic rings. The zero-order chi connectivity index (χ0) is 13.5. The summed E-state index contributed by atoms with van der Waals surface area (Å²) in [5.74, 6) is 1.09. The van der Waals surface area contributed by atoms with E-state index in [0.29, 0.717) is 5.96 Å². The summed E-state index contributed by atoms with van der Waals surface area (Å²) in [6.07, 6.45) is -0.0941. The Kier molecular flexibility index (Phi) is 2.50. The number of hydrogen-bond donors (Lipinski definition) is 2. The molecule has 100 valence electrons. The van der Waals surface area contributed by atoms with Crippen molar-refractivity contribution in [3.05, 3.63) is 52.2 Å². The molecule has 0 radical (unpaired) electrons. The lowest BCUT2D eigenvalue weighted by molar-refractivity contribution is 0.312. The SMILES string of the molecule is NC1=NC(c2cccs2)N2Cc3ccccc3NC2=N1. The molecular weight excluding hydrogens is 270 g/mol. The van der Waals surface area contributed by atoms with Crippen molar-refractivity contribution in [2.24, 2.45) is 15.7 Å². The molecule has 0 bridgehead atoms. The van der Waals surface area contributed by atoms with Gasteiger partial charge in [0.2, 0.25) is 11.9 Å². The molecule has 0 spiro atoms. The van der Waals surface area contributed by atoms with Gasteiger partial charge >= 0.3 is 0 Å². The van der Waals surface area contributed by atoms with Crippen LogP contribution >= 0.6 is 11.3 Å². The van der Waals surface area contributed by atoms with Crippen molar-refractivity contribution in [2.45, 2.75) is 12.7 Å². The molecule has 0 amide bonds. The van der Waals surface area contributed by atoms with Crippen LogP contribution < -0.4 is 11.1 Å². The standard InChI is InChI=1S/C14H13N5S/c15-13-17-12(11-6-3-7-20-11)19-8-9-4-1-2-5-10(9)16-14(19)18-13/h1-7,12H,8H2,(H3,15,16,17,18). The molecule has 0 saturated heterocycles. The van der Waals surface area contributed by atoms with Gasteiger partial charge in [-0.2, -0.15) is 4.99 Å². The first kappa shape index (κ1) is 11.5. The van der Waals surface area contributed by atoms with Crippen LogP contribution in [-0.2, 0) is 6.54 Å². The van der Waals surface area contributed by atoms with E-state index in [1.54, 1.807) is 11.3 Å². The van der Waals surface area contributed by atoms with Gasteiger partial charge in [0.05, 0.1) is 6.54 Å². The smallest absolute Gasteiger partial charge is 0.221 e. The molecular formula is C14H13N5S. The molecule has 3 N–H and O–H groups in total. The molecule has 1 unspecified atom stereocenters. The second-order valence-corrected chi connectivity index (χ2v) is 5.70. The monoisotopic (exact) mass is 283 g/mol. The number of hydrogen-bond acceptors (Lipinski definition) is 6.